The molecule has 2 N–H and O–H groups in total. The molecule has 1 aliphatic heterocycles. The molecule has 1 heterocycles. The van der Waals surface area contributed by atoms with Crippen molar-refractivity contribution in [2.45, 2.75) is 38.8 Å². The highest BCUT2D eigenvalue weighted by Gasteiger charge is 2.37. The third-order valence-electron chi connectivity index (χ3n) is 3.57. The summed E-state index contributed by atoms with van der Waals surface area (Å²) in [6, 6.07) is 1.12. The van der Waals surface area contributed by atoms with E-state index in [9.17, 15) is 23.5 Å². The molecule has 1 aromatic carbocycles. The first kappa shape index (κ1) is 16.2. The van der Waals surface area contributed by atoms with Gasteiger partial charge in [0.2, 0.25) is 5.91 Å². The molecule has 7 heteroatoms. The Morgan fingerprint density at radius 1 is 1.36 bits per heavy atom. The summed E-state index contributed by atoms with van der Waals surface area (Å²) < 4.78 is 27.3. The van der Waals surface area contributed by atoms with Gasteiger partial charge in [-0.1, -0.05) is 0 Å². The van der Waals surface area contributed by atoms with Crippen LogP contribution >= 0.6 is 0 Å². The van der Waals surface area contributed by atoms with Crippen molar-refractivity contribution >= 4 is 11.8 Å². The van der Waals surface area contributed by atoms with Crippen molar-refractivity contribution in [2.75, 3.05) is 6.54 Å². The van der Waals surface area contributed by atoms with Crippen LogP contribution in [0.3, 0.4) is 0 Å². The number of benzene rings is 1. The molecule has 1 aliphatic rings. The Morgan fingerprint density at radius 3 is 2.55 bits per heavy atom. The van der Waals surface area contributed by atoms with E-state index in [1.165, 1.54) is 0 Å². The third-order valence-corrected chi connectivity index (χ3v) is 3.57. The topological polar surface area (TPSA) is 69.6 Å². The summed E-state index contributed by atoms with van der Waals surface area (Å²) in [4.78, 5) is 25.6. The predicted octanol–water partition coefficient (Wildman–Crippen LogP) is 1.80. The minimum atomic E-state index is -1.31. The van der Waals surface area contributed by atoms with Crippen LogP contribution in [0.2, 0.25) is 0 Å². The smallest absolute Gasteiger partial charge is 0.257 e. The maximum absolute atomic E-state index is 13.7. The van der Waals surface area contributed by atoms with E-state index in [1.54, 1.807) is 4.90 Å². The van der Waals surface area contributed by atoms with Crippen LogP contribution in [-0.4, -0.2) is 39.9 Å². The average molecular weight is 312 g/mol. The van der Waals surface area contributed by atoms with Gasteiger partial charge in [-0.25, -0.2) is 8.78 Å². The largest absolute Gasteiger partial charge is 0.505 e. The molecule has 1 unspecified atom stereocenters. The summed E-state index contributed by atoms with van der Waals surface area (Å²) in [7, 11) is 0. The molecule has 0 aliphatic carbocycles. The van der Waals surface area contributed by atoms with Crippen molar-refractivity contribution in [2.24, 2.45) is 0 Å². The van der Waals surface area contributed by atoms with E-state index in [-0.39, 0.29) is 18.9 Å². The SMILES string of the molecule is CC(C)(C)N1CC(NC(=O)c2c(F)ccc(O)c2F)CC1=O. The Balaban J connectivity index is 2.15. The zero-order valence-electron chi connectivity index (χ0n) is 12.6. The number of carbonyl (C=O) groups is 2. The summed E-state index contributed by atoms with van der Waals surface area (Å²) in [5, 5.41) is 11.7. The lowest BCUT2D eigenvalue weighted by Crippen LogP contribution is -2.44. The van der Waals surface area contributed by atoms with Gasteiger partial charge in [0, 0.05) is 18.5 Å². The standard InChI is InChI=1S/C15H18F2N2O3/c1-15(2,3)19-7-8(6-11(19)21)18-14(22)12-9(16)4-5-10(20)13(12)17/h4-5,8,20H,6-7H2,1-3H3,(H,18,22). The monoisotopic (exact) mass is 312 g/mol. The molecule has 2 amide bonds. The van der Waals surface area contributed by atoms with Gasteiger partial charge in [0.05, 0.1) is 6.04 Å². The van der Waals surface area contributed by atoms with Crippen LogP contribution in [0.4, 0.5) is 8.78 Å². The van der Waals surface area contributed by atoms with E-state index in [0.717, 1.165) is 12.1 Å². The van der Waals surface area contributed by atoms with Crippen LogP contribution < -0.4 is 5.32 Å². The van der Waals surface area contributed by atoms with Crippen molar-refractivity contribution < 1.29 is 23.5 Å². The minimum Gasteiger partial charge on any atom is -0.505 e. The Kier molecular flexibility index (Phi) is 4.08. The molecule has 2 rings (SSSR count). The van der Waals surface area contributed by atoms with Gasteiger partial charge >= 0.3 is 0 Å². The van der Waals surface area contributed by atoms with Gasteiger partial charge in [-0.15, -0.1) is 0 Å². The van der Waals surface area contributed by atoms with Gasteiger partial charge in [-0.3, -0.25) is 9.59 Å². The van der Waals surface area contributed by atoms with Crippen molar-refractivity contribution in [3.05, 3.63) is 29.3 Å². The number of amides is 2. The molecule has 0 aromatic heterocycles. The number of carbonyl (C=O) groups excluding carboxylic acids is 2. The Bertz CT molecular complexity index is 626. The first-order valence-electron chi connectivity index (χ1n) is 6.89. The van der Waals surface area contributed by atoms with Crippen LogP contribution in [-0.2, 0) is 4.79 Å². The van der Waals surface area contributed by atoms with E-state index in [1.807, 2.05) is 20.8 Å². The Labute approximate surface area is 126 Å². The molecule has 0 spiro atoms. The number of halogens is 2. The van der Waals surface area contributed by atoms with Crippen LogP contribution in [0.15, 0.2) is 12.1 Å². The van der Waals surface area contributed by atoms with Crippen molar-refractivity contribution in [1.82, 2.24) is 10.2 Å². The highest BCUT2D eigenvalue weighted by atomic mass is 19.1. The number of phenolic OH excluding ortho intramolecular Hbond substituents is 1. The number of hydrogen-bond donors (Lipinski definition) is 2. The number of nitrogens with zero attached hydrogens (tertiary/aromatic N) is 1. The summed E-state index contributed by atoms with van der Waals surface area (Å²) in [6.07, 6.45) is 0.0745. The molecule has 1 atom stereocenters. The third kappa shape index (κ3) is 3.03. The second-order valence-corrected chi connectivity index (χ2v) is 6.31. The zero-order chi connectivity index (χ0) is 16.7. The van der Waals surface area contributed by atoms with E-state index >= 15 is 0 Å². The van der Waals surface area contributed by atoms with Gasteiger partial charge in [0.15, 0.2) is 11.6 Å². The number of aromatic hydroxyl groups is 1. The number of hydrogen-bond acceptors (Lipinski definition) is 3. The predicted molar refractivity (Wildman–Crippen MR) is 75.4 cm³/mol. The molecule has 0 saturated carbocycles. The first-order valence-corrected chi connectivity index (χ1v) is 6.89. The maximum atomic E-state index is 13.7. The first-order chi connectivity index (χ1) is 10.1. The van der Waals surface area contributed by atoms with E-state index < -0.39 is 40.4 Å². The molecule has 120 valence electrons. The van der Waals surface area contributed by atoms with Crippen molar-refractivity contribution in [3.63, 3.8) is 0 Å². The van der Waals surface area contributed by atoms with Crippen LogP contribution in [0, 0.1) is 11.6 Å². The lowest BCUT2D eigenvalue weighted by atomic mass is 10.1. The molecular weight excluding hydrogens is 294 g/mol. The highest BCUT2D eigenvalue weighted by molar-refractivity contribution is 5.96. The fraction of sp³-hybridized carbons (Fsp3) is 0.467. The van der Waals surface area contributed by atoms with E-state index in [2.05, 4.69) is 5.32 Å². The fourth-order valence-corrected chi connectivity index (χ4v) is 2.46. The van der Waals surface area contributed by atoms with Gasteiger partial charge in [-0.05, 0) is 32.9 Å². The van der Waals surface area contributed by atoms with Crippen molar-refractivity contribution in [1.29, 1.82) is 0 Å². The number of nitrogens with one attached hydrogen (secondary N) is 1. The fourth-order valence-electron chi connectivity index (χ4n) is 2.46. The summed E-state index contributed by atoms with van der Waals surface area (Å²) in [5.74, 6) is -4.29. The van der Waals surface area contributed by atoms with E-state index in [0.29, 0.717) is 0 Å². The molecule has 1 aromatic rings. The number of phenols is 1. The van der Waals surface area contributed by atoms with Gasteiger partial charge in [0.25, 0.3) is 5.91 Å². The second kappa shape index (κ2) is 5.55. The van der Waals surface area contributed by atoms with Gasteiger partial charge in [-0.2, -0.15) is 0 Å². The molecule has 0 radical (unpaired) electrons. The Morgan fingerprint density at radius 2 is 2.00 bits per heavy atom. The average Bonchev–Trinajstić information content (AvgIpc) is 2.75. The zero-order valence-corrected chi connectivity index (χ0v) is 12.6. The summed E-state index contributed by atoms with van der Waals surface area (Å²) >= 11 is 0. The maximum Gasteiger partial charge on any atom is 0.257 e. The summed E-state index contributed by atoms with van der Waals surface area (Å²) in [6.45, 7) is 5.87. The molecule has 1 saturated heterocycles. The van der Waals surface area contributed by atoms with Crippen LogP contribution in [0.1, 0.15) is 37.6 Å². The Hall–Kier alpha value is -2.18. The molecule has 5 nitrogen and oxygen atoms in total. The molecule has 22 heavy (non-hydrogen) atoms. The molecule has 1 fully saturated rings. The van der Waals surface area contributed by atoms with Crippen molar-refractivity contribution in [3.8, 4) is 5.75 Å². The molecular formula is C15H18F2N2O3. The molecule has 0 bridgehead atoms. The van der Waals surface area contributed by atoms with Gasteiger partial charge in [0.1, 0.15) is 11.4 Å². The van der Waals surface area contributed by atoms with E-state index in [4.69, 9.17) is 0 Å². The number of likely N-dealkylation sites (tertiary alicyclic amines) is 1. The minimum absolute atomic E-state index is 0.0745. The van der Waals surface area contributed by atoms with Crippen LogP contribution in [0.5, 0.6) is 5.75 Å². The second-order valence-electron chi connectivity index (χ2n) is 6.31. The summed E-state index contributed by atoms with van der Waals surface area (Å²) in [5.41, 5.74) is -1.24. The quantitative estimate of drug-likeness (QED) is 0.875. The lowest BCUT2D eigenvalue weighted by Gasteiger charge is -2.32. The highest BCUT2D eigenvalue weighted by Crippen LogP contribution is 2.24. The van der Waals surface area contributed by atoms with Gasteiger partial charge < -0.3 is 15.3 Å². The van der Waals surface area contributed by atoms with Crippen LogP contribution in [0.25, 0.3) is 0 Å². The normalized spacial score (nSPS) is 18.7. The lowest BCUT2D eigenvalue weighted by molar-refractivity contribution is -0.131. The number of rotatable bonds is 2.